The molecule has 7 heteroatoms. The monoisotopic (exact) mass is 436 g/mol. The van der Waals surface area contributed by atoms with Gasteiger partial charge in [-0.15, -0.1) is 0 Å². The molecule has 0 aliphatic carbocycles. The van der Waals surface area contributed by atoms with E-state index in [4.69, 9.17) is 4.74 Å². The zero-order valence-electron chi connectivity index (χ0n) is 18.8. The van der Waals surface area contributed by atoms with Crippen LogP contribution in [0.2, 0.25) is 0 Å². The third-order valence-corrected chi connectivity index (χ3v) is 8.13. The number of sulfonamides is 1. The molecule has 1 aromatic rings. The van der Waals surface area contributed by atoms with E-state index in [1.165, 1.54) is 0 Å². The van der Waals surface area contributed by atoms with E-state index >= 15 is 0 Å². The maximum atomic E-state index is 13.3. The number of rotatable bonds is 8. The smallest absolute Gasteiger partial charge is 0.223 e. The second kappa shape index (κ2) is 8.97. The van der Waals surface area contributed by atoms with Crippen LogP contribution in [0.15, 0.2) is 30.3 Å². The quantitative estimate of drug-likeness (QED) is 0.625. The number of hydrogen-bond donors (Lipinski definition) is 0. The van der Waals surface area contributed by atoms with Gasteiger partial charge in [0.1, 0.15) is 0 Å². The summed E-state index contributed by atoms with van der Waals surface area (Å²) < 4.78 is 32.8. The molecule has 0 N–H and O–H groups in total. The van der Waals surface area contributed by atoms with E-state index in [1.807, 2.05) is 49.1 Å². The van der Waals surface area contributed by atoms with Crippen LogP contribution >= 0.6 is 0 Å². The van der Waals surface area contributed by atoms with E-state index in [9.17, 15) is 13.2 Å². The van der Waals surface area contributed by atoms with Gasteiger partial charge < -0.3 is 9.64 Å². The molecule has 1 atom stereocenters. The zero-order valence-corrected chi connectivity index (χ0v) is 19.6. The highest BCUT2D eigenvalue weighted by molar-refractivity contribution is 7.89. The summed E-state index contributed by atoms with van der Waals surface area (Å²) in [5.74, 6) is 0.0309. The number of ether oxygens (including phenoxy) is 1. The molecule has 1 aromatic carbocycles. The molecule has 1 unspecified atom stereocenters. The Balaban J connectivity index is 1.70. The lowest BCUT2D eigenvalue weighted by molar-refractivity contribution is -0.139. The highest BCUT2D eigenvalue weighted by Gasteiger charge is 2.49. The number of hydrogen-bond acceptors (Lipinski definition) is 4. The topological polar surface area (TPSA) is 66.9 Å². The first-order valence-corrected chi connectivity index (χ1v) is 12.6. The summed E-state index contributed by atoms with van der Waals surface area (Å²) >= 11 is 0. The predicted molar refractivity (Wildman–Crippen MR) is 118 cm³/mol. The van der Waals surface area contributed by atoms with E-state index < -0.39 is 15.6 Å². The van der Waals surface area contributed by atoms with Gasteiger partial charge >= 0.3 is 0 Å². The van der Waals surface area contributed by atoms with Gasteiger partial charge in [-0.1, -0.05) is 30.3 Å². The lowest BCUT2D eigenvalue weighted by atomic mass is 9.92. The van der Waals surface area contributed by atoms with Gasteiger partial charge in [0, 0.05) is 26.1 Å². The number of benzene rings is 1. The van der Waals surface area contributed by atoms with Crippen LogP contribution in [0, 0.1) is 0 Å². The van der Waals surface area contributed by atoms with Gasteiger partial charge in [-0.05, 0) is 58.9 Å². The second-order valence-electron chi connectivity index (χ2n) is 9.72. The third-order valence-electron chi connectivity index (χ3n) is 6.17. The first-order chi connectivity index (χ1) is 14.0. The summed E-state index contributed by atoms with van der Waals surface area (Å²) in [6, 6.07) is 9.89. The number of carbonyl (C=O) groups excluding carboxylic acids is 1. The van der Waals surface area contributed by atoms with E-state index in [-0.39, 0.29) is 29.7 Å². The number of amides is 1. The molecule has 2 saturated heterocycles. The minimum atomic E-state index is -3.26. The van der Waals surface area contributed by atoms with Crippen molar-refractivity contribution in [3.63, 3.8) is 0 Å². The second-order valence-corrected chi connectivity index (χ2v) is 11.8. The standard InChI is InChI=1S/C23H36N2O4S/c1-22(2)17-20(23(3,4)29-22)25(18-19-11-6-5-7-12-19)21(26)13-10-16-30(27,28)24-14-8-9-15-24/h5-7,11-12,20H,8-10,13-18H2,1-4H3. The Bertz CT molecular complexity index is 830. The molecule has 2 aliphatic rings. The van der Waals surface area contributed by atoms with E-state index in [1.54, 1.807) is 4.31 Å². The molecule has 0 aromatic heterocycles. The Hall–Kier alpha value is -1.44. The van der Waals surface area contributed by atoms with Crippen molar-refractivity contribution in [3.05, 3.63) is 35.9 Å². The summed E-state index contributed by atoms with van der Waals surface area (Å²) in [5, 5.41) is 0. The Kier molecular flexibility index (Phi) is 6.94. The zero-order chi connectivity index (χ0) is 22.0. The van der Waals surface area contributed by atoms with Gasteiger partial charge in [0.05, 0.1) is 23.0 Å². The Morgan fingerprint density at radius 3 is 2.33 bits per heavy atom. The maximum Gasteiger partial charge on any atom is 0.223 e. The van der Waals surface area contributed by atoms with Gasteiger partial charge in [-0.2, -0.15) is 0 Å². The summed E-state index contributed by atoms with van der Waals surface area (Å²) in [4.78, 5) is 15.2. The molecule has 0 radical (unpaired) electrons. The largest absolute Gasteiger partial charge is 0.367 e. The SMILES string of the molecule is CC1(C)CC(N(Cc2ccccc2)C(=O)CCCS(=O)(=O)N2CCCC2)C(C)(C)O1. The van der Waals surface area contributed by atoms with Crippen molar-refractivity contribution in [2.24, 2.45) is 0 Å². The molecule has 1 amide bonds. The van der Waals surface area contributed by atoms with Crippen LogP contribution in [0.1, 0.15) is 65.4 Å². The Labute approximate surface area is 181 Å². The molecule has 168 valence electrons. The fraction of sp³-hybridized carbons (Fsp3) is 0.696. The van der Waals surface area contributed by atoms with Gasteiger partial charge in [-0.3, -0.25) is 4.79 Å². The normalized spacial score (nSPS) is 23.5. The summed E-state index contributed by atoms with van der Waals surface area (Å²) in [6.07, 6.45) is 3.18. The van der Waals surface area contributed by atoms with Crippen molar-refractivity contribution in [1.29, 1.82) is 0 Å². The fourth-order valence-corrected chi connectivity index (χ4v) is 6.40. The van der Waals surface area contributed by atoms with E-state index in [2.05, 4.69) is 13.8 Å². The number of nitrogens with zero attached hydrogens (tertiary/aromatic N) is 2. The molecular formula is C23H36N2O4S. The first kappa shape index (κ1) is 23.2. The molecule has 3 rings (SSSR count). The Morgan fingerprint density at radius 1 is 1.13 bits per heavy atom. The number of carbonyl (C=O) groups is 1. The lowest BCUT2D eigenvalue weighted by Crippen LogP contribution is -2.49. The molecule has 30 heavy (non-hydrogen) atoms. The van der Waals surface area contributed by atoms with Crippen LogP contribution in [0.4, 0.5) is 0 Å². The fourth-order valence-electron chi connectivity index (χ4n) is 4.82. The average molecular weight is 437 g/mol. The molecule has 2 fully saturated rings. The molecule has 2 heterocycles. The van der Waals surface area contributed by atoms with Crippen molar-refractivity contribution >= 4 is 15.9 Å². The van der Waals surface area contributed by atoms with E-state index in [0.717, 1.165) is 24.8 Å². The van der Waals surface area contributed by atoms with Gasteiger partial charge in [0.15, 0.2) is 0 Å². The van der Waals surface area contributed by atoms with Crippen molar-refractivity contribution in [2.45, 2.75) is 83.6 Å². The maximum absolute atomic E-state index is 13.3. The van der Waals surface area contributed by atoms with Crippen LogP contribution in [-0.2, 0) is 26.1 Å². The van der Waals surface area contributed by atoms with Gasteiger partial charge in [-0.25, -0.2) is 12.7 Å². The molecule has 0 bridgehead atoms. The van der Waals surface area contributed by atoms with Crippen LogP contribution in [0.5, 0.6) is 0 Å². The first-order valence-electron chi connectivity index (χ1n) is 11.0. The highest BCUT2D eigenvalue weighted by atomic mass is 32.2. The minimum Gasteiger partial charge on any atom is -0.367 e. The Morgan fingerprint density at radius 2 is 1.77 bits per heavy atom. The molecule has 6 nitrogen and oxygen atoms in total. The van der Waals surface area contributed by atoms with Crippen molar-refractivity contribution in [2.75, 3.05) is 18.8 Å². The van der Waals surface area contributed by atoms with Gasteiger partial charge in [0.2, 0.25) is 15.9 Å². The molecule has 0 saturated carbocycles. The third kappa shape index (κ3) is 5.62. The molecule has 2 aliphatic heterocycles. The highest BCUT2D eigenvalue weighted by Crippen LogP contribution is 2.41. The minimum absolute atomic E-state index is 0.00477. The summed E-state index contributed by atoms with van der Waals surface area (Å²) in [6.45, 7) is 9.92. The average Bonchev–Trinajstić information content (AvgIpc) is 3.26. The lowest BCUT2D eigenvalue weighted by Gasteiger charge is -2.36. The van der Waals surface area contributed by atoms with Crippen molar-refractivity contribution in [3.8, 4) is 0 Å². The van der Waals surface area contributed by atoms with Crippen LogP contribution in [0.3, 0.4) is 0 Å². The summed E-state index contributed by atoms with van der Waals surface area (Å²) in [7, 11) is -3.26. The van der Waals surface area contributed by atoms with Crippen molar-refractivity contribution < 1.29 is 17.9 Å². The van der Waals surface area contributed by atoms with Gasteiger partial charge in [0.25, 0.3) is 0 Å². The van der Waals surface area contributed by atoms with E-state index in [0.29, 0.717) is 26.1 Å². The molecular weight excluding hydrogens is 400 g/mol. The molecule has 0 spiro atoms. The van der Waals surface area contributed by atoms with Crippen LogP contribution in [-0.4, -0.2) is 59.6 Å². The van der Waals surface area contributed by atoms with Crippen LogP contribution < -0.4 is 0 Å². The van der Waals surface area contributed by atoms with Crippen molar-refractivity contribution in [1.82, 2.24) is 9.21 Å². The van der Waals surface area contributed by atoms with Crippen LogP contribution in [0.25, 0.3) is 0 Å². The predicted octanol–water partition coefficient (Wildman–Crippen LogP) is 3.57. The summed E-state index contributed by atoms with van der Waals surface area (Å²) in [5.41, 5.74) is 0.300.